The van der Waals surface area contributed by atoms with E-state index in [0.717, 1.165) is 25.0 Å². The topological polar surface area (TPSA) is 66.3 Å². The molecule has 1 atom stereocenters. The molecular weight excluding hydrogens is 388 g/mol. The molecule has 174 valence electrons. The maximum absolute atomic E-state index is 12.0. The Labute approximate surface area is 189 Å². The van der Waals surface area contributed by atoms with Gasteiger partial charge in [0.1, 0.15) is 17.4 Å². The molecule has 1 aliphatic rings. The van der Waals surface area contributed by atoms with E-state index in [1.807, 2.05) is 32.9 Å². The minimum Gasteiger partial charge on any atom is -0.361 e. The Morgan fingerprint density at radius 1 is 1.23 bits per heavy atom. The highest BCUT2D eigenvalue weighted by atomic mass is 16.6. The molecule has 1 aliphatic carbocycles. The first kappa shape index (κ1) is 26.7. The molecule has 0 spiro atoms. The summed E-state index contributed by atoms with van der Waals surface area (Å²) in [5, 5.41) is 7.67. The molecule has 0 radical (unpaired) electrons. The van der Waals surface area contributed by atoms with E-state index in [9.17, 15) is 4.79 Å². The molecular formula is C25H42N4O2. The van der Waals surface area contributed by atoms with Gasteiger partial charge in [0.05, 0.1) is 11.8 Å². The molecule has 0 saturated heterocycles. The van der Waals surface area contributed by atoms with Crippen molar-refractivity contribution in [3.05, 3.63) is 36.9 Å². The fraction of sp³-hybridized carbons (Fsp3) is 0.640. The number of allylic oxidation sites excluding steroid dienone is 1. The van der Waals surface area contributed by atoms with Crippen molar-refractivity contribution < 1.29 is 9.63 Å². The van der Waals surface area contributed by atoms with Crippen molar-refractivity contribution in [3.8, 4) is 0 Å². The summed E-state index contributed by atoms with van der Waals surface area (Å²) in [5.41, 5.74) is 1.15. The quantitative estimate of drug-likeness (QED) is 0.180. The van der Waals surface area contributed by atoms with Gasteiger partial charge in [0.2, 0.25) is 5.91 Å². The van der Waals surface area contributed by atoms with Crippen molar-refractivity contribution in [2.75, 3.05) is 6.54 Å². The van der Waals surface area contributed by atoms with Gasteiger partial charge in [-0.3, -0.25) is 9.69 Å². The molecule has 1 fully saturated rings. The Balaban J connectivity index is 2.79. The van der Waals surface area contributed by atoms with E-state index in [2.05, 4.69) is 35.5 Å². The standard InChI is InChI=1S/C25H42N4O2/c1-8-14-24(23-16-12-11-13-17-23)28-31-20(5)19(4)26-21(6)27-25(15-9-2)29(18-10-3)22(7)30/h9,15,19,23,26H,5-6,8,10-14,16-18H2,1-4,7H3/b15-9-,27-25?,28-24+. The van der Waals surface area contributed by atoms with Crippen molar-refractivity contribution in [2.24, 2.45) is 16.1 Å². The number of amides is 1. The smallest absolute Gasteiger partial charge is 0.225 e. The predicted octanol–water partition coefficient (Wildman–Crippen LogP) is 5.94. The normalized spacial score (nSPS) is 16.8. The SMILES string of the molecule is C=C(N=C(/C=C\C)N(CCC)C(C)=O)NC(C)C(=C)O/N=C(\CCC)C1CCCCC1. The van der Waals surface area contributed by atoms with Crippen LogP contribution in [0.25, 0.3) is 0 Å². The molecule has 6 heteroatoms. The number of hydrogen-bond donors (Lipinski definition) is 1. The highest BCUT2D eigenvalue weighted by Crippen LogP contribution is 2.27. The summed E-state index contributed by atoms with van der Waals surface area (Å²) in [7, 11) is 0. The maximum atomic E-state index is 12.0. The summed E-state index contributed by atoms with van der Waals surface area (Å²) in [5.74, 6) is 2.01. The van der Waals surface area contributed by atoms with Gasteiger partial charge in [-0.05, 0) is 45.6 Å². The van der Waals surface area contributed by atoms with Crippen molar-refractivity contribution >= 4 is 17.5 Å². The van der Waals surface area contributed by atoms with E-state index < -0.39 is 0 Å². The molecule has 1 unspecified atom stereocenters. The van der Waals surface area contributed by atoms with Gasteiger partial charge in [0, 0.05) is 19.4 Å². The Morgan fingerprint density at radius 3 is 2.45 bits per heavy atom. The number of carbonyl (C=O) groups is 1. The van der Waals surface area contributed by atoms with Gasteiger partial charge in [-0.1, -0.05) is 63.9 Å². The fourth-order valence-corrected chi connectivity index (χ4v) is 3.71. The molecule has 1 saturated carbocycles. The van der Waals surface area contributed by atoms with Crippen LogP contribution in [0, 0.1) is 5.92 Å². The summed E-state index contributed by atoms with van der Waals surface area (Å²) in [6, 6.07) is -0.224. The number of hydrogen-bond acceptors (Lipinski definition) is 5. The molecule has 0 aromatic heterocycles. The number of nitrogens with zero attached hydrogens (tertiary/aromatic N) is 3. The minimum atomic E-state index is -0.224. The van der Waals surface area contributed by atoms with Gasteiger partial charge in [-0.2, -0.15) is 0 Å². The van der Waals surface area contributed by atoms with Crippen molar-refractivity contribution in [2.45, 2.75) is 92.0 Å². The van der Waals surface area contributed by atoms with E-state index in [-0.39, 0.29) is 11.9 Å². The van der Waals surface area contributed by atoms with Crippen LogP contribution in [0.3, 0.4) is 0 Å². The maximum Gasteiger partial charge on any atom is 0.225 e. The molecule has 1 rings (SSSR count). The number of rotatable bonds is 12. The number of oxime groups is 1. The third-order valence-corrected chi connectivity index (χ3v) is 5.40. The number of amidine groups is 1. The molecule has 0 aliphatic heterocycles. The van der Waals surface area contributed by atoms with Gasteiger partial charge in [0.15, 0.2) is 0 Å². The van der Waals surface area contributed by atoms with Crippen LogP contribution in [-0.2, 0) is 9.63 Å². The third kappa shape index (κ3) is 9.53. The fourth-order valence-electron chi connectivity index (χ4n) is 3.71. The number of nitrogens with one attached hydrogen (secondary N) is 1. The minimum absolute atomic E-state index is 0.0483. The summed E-state index contributed by atoms with van der Waals surface area (Å²) in [4.78, 5) is 23.9. The van der Waals surface area contributed by atoms with Gasteiger partial charge >= 0.3 is 0 Å². The van der Waals surface area contributed by atoms with Gasteiger partial charge in [0.25, 0.3) is 0 Å². The van der Waals surface area contributed by atoms with E-state index in [0.29, 0.717) is 29.9 Å². The van der Waals surface area contributed by atoms with Crippen LogP contribution in [-0.4, -0.2) is 34.9 Å². The molecule has 1 amide bonds. The lowest BCUT2D eigenvalue weighted by Gasteiger charge is -2.23. The highest BCUT2D eigenvalue weighted by Gasteiger charge is 2.20. The second-order valence-corrected chi connectivity index (χ2v) is 8.18. The van der Waals surface area contributed by atoms with Gasteiger partial charge in [-0.15, -0.1) is 0 Å². The van der Waals surface area contributed by atoms with E-state index in [4.69, 9.17) is 4.84 Å². The Hall–Kier alpha value is -2.37. The monoisotopic (exact) mass is 430 g/mol. The van der Waals surface area contributed by atoms with E-state index in [1.54, 1.807) is 11.8 Å². The first-order valence-electron chi connectivity index (χ1n) is 11.7. The zero-order valence-corrected chi connectivity index (χ0v) is 20.2. The molecule has 6 nitrogen and oxygen atoms in total. The molecule has 1 N–H and O–H groups in total. The van der Waals surface area contributed by atoms with Crippen LogP contribution in [0.5, 0.6) is 0 Å². The van der Waals surface area contributed by atoms with Crippen LogP contribution < -0.4 is 5.32 Å². The average Bonchev–Trinajstić information content (AvgIpc) is 2.74. The zero-order valence-electron chi connectivity index (χ0n) is 20.2. The Morgan fingerprint density at radius 2 is 1.90 bits per heavy atom. The van der Waals surface area contributed by atoms with Crippen molar-refractivity contribution in [3.63, 3.8) is 0 Å². The lowest BCUT2D eigenvalue weighted by molar-refractivity contribution is -0.125. The Bertz CT molecular complexity index is 688. The third-order valence-electron chi connectivity index (χ3n) is 5.40. The Kier molecular flexibility index (Phi) is 12.6. The van der Waals surface area contributed by atoms with Crippen molar-refractivity contribution in [1.82, 2.24) is 10.2 Å². The second-order valence-electron chi connectivity index (χ2n) is 8.18. The van der Waals surface area contributed by atoms with E-state index in [1.165, 1.54) is 32.1 Å². The molecule has 0 heterocycles. The second kappa shape index (κ2) is 14.6. The van der Waals surface area contributed by atoms with Crippen LogP contribution in [0.15, 0.2) is 47.0 Å². The molecule has 0 aromatic rings. The summed E-state index contributed by atoms with van der Waals surface area (Å²) in [6.07, 6.45) is 12.8. The summed E-state index contributed by atoms with van der Waals surface area (Å²) < 4.78 is 0. The van der Waals surface area contributed by atoms with Gasteiger partial charge < -0.3 is 10.2 Å². The van der Waals surface area contributed by atoms with Crippen LogP contribution in [0.2, 0.25) is 0 Å². The average molecular weight is 431 g/mol. The zero-order chi connectivity index (χ0) is 23.2. The highest BCUT2D eigenvalue weighted by molar-refractivity contribution is 6.04. The first-order valence-corrected chi connectivity index (χ1v) is 11.7. The summed E-state index contributed by atoms with van der Waals surface area (Å²) in [6.45, 7) is 18.2. The lowest BCUT2D eigenvalue weighted by Crippen LogP contribution is -2.36. The lowest BCUT2D eigenvalue weighted by atomic mass is 9.84. The van der Waals surface area contributed by atoms with Gasteiger partial charge in [-0.25, -0.2) is 4.99 Å². The van der Waals surface area contributed by atoms with Crippen LogP contribution in [0.4, 0.5) is 0 Å². The van der Waals surface area contributed by atoms with Crippen molar-refractivity contribution in [1.29, 1.82) is 0 Å². The molecule has 0 aromatic carbocycles. The molecule has 0 bridgehead atoms. The molecule has 31 heavy (non-hydrogen) atoms. The van der Waals surface area contributed by atoms with Crippen LogP contribution >= 0.6 is 0 Å². The predicted molar refractivity (Wildman–Crippen MR) is 131 cm³/mol. The van der Waals surface area contributed by atoms with E-state index >= 15 is 0 Å². The largest absolute Gasteiger partial charge is 0.361 e. The van der Waals surface area contributed by atoms with Crippen LogP contribution in [0.1, 0.15) is 86.0 Å². The number of aliphatic imine (C=N–C) groups is 1. The summed E-state index contributed by atoms with van der Waals surface area (Å²) >= 11 is 0. The number of carbonyl (C=O) groups excluding carboxylic acids is 1. The first-order chi connectivity index (χ1) is 14.8.